The fourth-order valence-electron chi connectivity index (χ4n) is 4.85. The molecule has 1 N–H and O–H groups in total. The van der Waals surface area contributed by atoms with Crippen molar-refractivity contribution in [3.63, 3.8) is 0 Å². The van der Waals surface area contributed by atoms with E-state index in [1.807, 2.05) is 7.05 Å². The summed E-state index contributed by atoms with van der Waals surface area (Å²) in [5.41, 5.74) is 2.52. The maximum Gasteiger partial charge on any atom is 0.193 e. The van der Waals surface area contributed by atoms with Gasteiger partial charge in [-0.25, -0.2) is 0 Å². The average molecular weight is 432 g/mol. The van der Waals surface area contributed by atoms with Crippen LogP contribution in [0.4, 0.5) is 0 Å². The summed E-state index contributed by atoms with van der Waals surface area (Å²) in [6, 6.07) is 8.79. The van der Waals surface area contributed by atoms with Gasteiger partial charge in [0.05, 0.1) is 12.7 Å². The van der Waals surface area contributed by atoms with E-state index in [9.17, 15) is 0 Å². The maximum absolute atomic E-state index is 6.04. The first-order chi connectivity index (χ1) is 14.8. The summed E-state index contributed by atoms with van der Waals surface area (Å²) in [6.45, 7) is 5.38. The van der Waals surface area contributed by atoms with E-state index >= 15 is 0 Å². The van der Waals surface area contributed by atoms with Gasteiger partial charge in [0.15, 0.2) is 5.96 Å². The predicted molar refractivity (Wildman–Crippen MR) is 125 cm³/mol. The Bertz CT molecular complexity index is 677. The third-order valence-electron chi connectivity index (χ3n) is 6.65. The second kappa shape index (κ2) is 10.9. The molecular formula is C24H37N3O2S. The first-order valence-corrected chi connectivity index (χ1v) is 12.6. The Labute approximate surface area is 186 Å². The largest absolute Gasteiger partial charge is 0.381 e. The number of rotatable bonds is 5. The molecule has 30 heavy (non-hydrogen) atoms. The standard InChI is InChI=1S/C24H37N3O2S/c1-25-23(27-13-16-30-24(19-27)11-3-2-4-12-24)26-17-20-5-7-21(8-6-20)18-29-22-9-14-28-15-10-22/h5-8,22H,2-4,9-19H2,1H3,(H,25,26). The first kappa shape index (κ1) is 22.0. The Morgan fingerprint density at radius 2 is 1.90 bits per heavy atom. The second-order valence-electron chi connectivity index (χ2n) is 8.85. The Hall–Kier alpha value is -1.24. The molecule has 1 aromatic carbocycles. The van der Waals surface area contributed by atoms with E-state index in [-0.39, 0.29) is 0 Å². The van der Waals surface area contributed by atoms with Crippen molar-refractivity contribution in [1.82, 2.24) is 10.2 Å². The summed E-state index contributed by atoms with van der Waals surface area (Å²) < 4.78 is 11.9. The van der Waals surface area contributed by atoms with Crippen molar-refractivity contribution in [1.29, 1.82) is 0 Å². The molecule has 166 valence electrons. The van der Waals surface area contributed by atoms with Crippen molar-refractivity contribution >= 4 is 17.7 Å². The number of nitrogens with zero attached hydrogens (tertiary/aromatic N) is 2. The van der Waals surface area contributed by atoms with Gasteiger partial charge in [-0.3, -0.25) is 4.99 Å². The lowest BCUT2D eigenvalue weighted by molar-refractivity contribution is -0.0390. The van der Waals surface area contributed by atoms with Gasteiger partial charge < -0.3 is 19.7 Å². The highest BCUT2D eigenvalue weighted by Gasteiger charge is 2.38. The molecule has 3 aliphatic rings. The lowest BCUT2D eigenvalue weighted by atomic mass is 9.87. The molecule has 0 bridgehead atoms. The molecule has 2 heterocycles. The van der Waals surface area contributed by atoms with Gasteiger partial charge in [0.2, 0.25) is 0 Å². The maximum atomic E-state index is 6.04. The number of aliphatic imine (C=N–C) groups is 1. The molecule has 1 aromatic rings. The number of thioether (sulfide) groups is 1. The molecule has 5 nitrogen and oxygen atoms in total. The molecule has 3 fully saturated rings. The van der Waals surface area contributed by atoms with E-state index in [4.69, 9.17) is 9.47 Å². The van der Waals surface area contributed by atoms with Crippen LogP contribution in [-0.4, -0.2) is 60.8 Å². The van der Waals surface area contributed by atoms with Crippen LogP contribution in [-0.2, 0) is 22.6 Å². The molecule has 6 heteroatoms. The highest BCUT2D eigenvalue weighted by molar-refractivity contribution is 8.00. The van der Waals surface area contributed by atoms with Crippen LogP contribution in [0, 0.1) is 0 Å². The van der Waals surface area contributed by atoms with Crippen molar-refractivity contribution in [3.8, 4) is 0 Å². The SMILES string of the molecule is CN=C(NCc1ccc(COC2CCOCC2)cc1)N1CCSC2(CCCCC2)C1. The monoisotopic (exact) mass is 431 g/mol. The number of nitrogens with one attached hydrogen (secondary N) is 1. The van der Waals surface area contributed by atoms with Crippen molar-refractivity contribution in [3.05, 3.63) is 35.4 Å². The number of ether oxygens (including phenoxy) is 2. The second-order valence-corrected chi connectivity index (χ2v) is 10.4. The molecule has 1 spiro atoms. The quantitative estimate of drug-likeness (QED) is 0.559. The van der Waals surface area contributed by atoms with Crippen LogP contribution in [0.1, 0.15) is 56.1 Å². The summed E-state index contributed by atoms with van der Waals surface area (Å²) >= 11 is 2.21. The van der Waals surface area contributed by atoms with Gasteiger partial charge >= 0.3 is 0 Å². The highest BCUT2D eigenvalue weighted by atomic mass is 32.2. The van der Waals surface area contributed by atoms with E-state index in [1.165, 1.54) is 49.0 Å². The molecule has 1 saturated carbocycles. The van der Waals surface area contributed by atoms with Gasteiger partial charge in [-0.15, -0.1) is 0 Å². The summed E-state index contributed by atoms with van der Waals surface area (Å²) in [4.78, 5) is 7.08. The minimum Gasteiger partial charge on any atom is -0.381 e. The summed E-state index contributed by atoms with van der Waals surface area (Å²) in [7, 11) is 1.91. The Balaban J connectivity index is 1.25. The normalized spacial score (nSPS) is 23.0. The van der Waals surface area contributed by atoms with Gasteiger partial charge in [0, 0.05) is 50.4 Å². The molecule has 0 aromatic heterocycles. The van der Waals surface area contributed by atoms with Gasteiger partial charge in [-0.1, -0.05) is 43.5 Å². The number of benzene rings is 1. The fraction of sp³-hybridized carbons (Fsp3) is 0.708. The number of hydrogen-bond donors (Lipinski definition) is 1. The lowest BCUT2D eigenvalue weighted by Gasteiger charge is -2.45. The predicted octanol–water partition coefficient (Wildman–Crippen LogP) is 4.21. The molecular weight excluding hydrogens is 394 g/mol. The van der Waals surface area contributed by atoms with Crippen LogP contribution >= 0.6 is 11.8 Å². The van der Waals surface area contributed by atoms with E-state index in [0.717, 1.165) is 51.6 Å². The van der Waals surface area contributed by atoms with Crippen molar-refractivity contribution in [2.45, 2.75) is 68.9 Å². The van der Waals surface area contributed by atoms with Crippen LogP contribution in [0.15, 0.2) is 29.3 Å². The van der Waals surface area contributed by atoms with Crippen molar-refractivity contribution < 1.29 is 9.47 Å². The van der Waals surface area contributed by atoms with E-state index in [1.54, 1.807) is 0 Å². The van der Waals surface area contributed by atoms with Crippen molar-refractivity contribution in [2.24, 2.45) is 4.99 Å². The third-order valence-corrected chi connectivity index (χ3v) is 8.19. The van der Waals surface area contributed by atoms with Crippen LogP contribution in [0.5, 0.6) is 0 Å². The smallest absolute Gasteiger partial charge is 0.193 e. The molecule has 4 rings (SSSR count). The van der Waals surface area contributed by atoms with Crippen molar-refractivity contribution in [2.75, 3.05) is 39.1 Å². The molecule has 0 radical (unpaired) electrons. The summed E-state index contributed by atoms with van der Waals surface area (Å²) in [5.74, 6) is 2.26. The topological polar surface area (TPSA) is 46.1 Å². The summed E-state index contributed by atoms with van der Waals surface area (Å²) in [5, 5.41) is 3.60. The molecule has 0 amide bonds. The zero-order chi connectivity index (χ0) is 20.7. The van der Waals surface area contributed by atoms with E-state index < -0.39 is 0 Å². The highest BCUT2D eigenvalue weighted by Crippen LogP contribution is 2.42. The number of guanidine groups is 1. The molecule has 1 aliphatic carbocycles. The molecule has 2 saturated heterocycles. The molecule has 0 atom stereocenters. The van der Waals surface area contributed by atoms with Crippen LogP contribution in [0.25, 0.3) is 0 Å². The minimum absolute atomic E-state index is 0.346. The van der Waals surface area contributed by atoms with Crippen LogP contribution in [0.2, 0.25) is 0 Å². The zero-order valence-corrected chi connectivity index (χ0v) is 19.2. The minimum atomic E-state index is 0.346. The fourth-order valence-corrected chi connectivity index (χ4v) is 6.42. The summed E-state index contributed by atoms with van der Waals surface area (Å²) in [6.07, 6.45) is 9.28. The first-order valence-electron chi connectivity index (χ1n) is 11.6. The van der Waals surface area contributed by atoms with Gasteiger partial charge in [-0.05, 0) is 36.8 Å². The van der Waals surface area contributed by atoms with Gasteiger partial charge in [0.1, 0.15) is 0 Å². The van der Waals surface area contributed by atoms with E-state index in [2.05, 4.69) is 51.2 Å². The van der Waals surface area contributed by atoms with E-state index in [0.29, 0.717) is 17.5 Å². The zero-order valence-electron chi connectivity index (χ0n) is 18.4. The number of hydrogen-bond acceptors (Lipinski definition) is 4. The lowest BCUT2D eigenvalue weighted by Crippen LogP contribution is -2.53. The Morgan fingerprint density at radius 3 is 2.63 bits per heavy atom. The van der Waals surface area contributed by atoms with Crippen LogP contribution < -0.4 is 5.32 Å². The Morgan fingerprint density at radius 1 is 1.17 bits per heavy atom. The molecule has 2 aliphatic heterocycles. The van der Waals surface area contributed by atoms with Gasteiger partial charge in [0.25, 0.3) is 0 Å². The average Bonchev–Trinajstić information content (AvgIpc) is 2.80. The molecule has 0 unspecified atom stereocenters. The Kier molecular flexibility index (Phi) is 7.96. The van der Waals surface area contributed by atoms with Gasteiger partial charge in [-0.2, -0.15) is 11.8 Å². The van der Waals surface area contributed by atoms with Crippen LogP contribution in [0.3, 0.4) is 0 Å². The third kappa shape index (κ3) is 5.92.